The lowest BCUT2D eigenvalue weighted by Crippen LogP contribution is -2.24. The zero-order chi connectivity index (χ0) is 18.1. The molecule has 0 unspecified atom stereocenters. The topological polar surface area (TPSA) is 113 Å². The molecule has 0 aliphatic rings. The fourth-order valence-electron chi connectivity index (χ4n) is 1.96. The normalized spacial score (nSPS) is 12.7. The fraction of sp³-hybridized carbons (Fsp3) is 0.333. The van der Waals surface area contributed by atoms with Crippen molar-refractivity contribution in [3.63, 3.8) is 0 Å². The second-order valence-corrected chi connectivity index (χ2v) is 9.81. The van der Waals surface area contributed by atoms with Crippen LogP contribution in [0.15, 0.2) is 16.3 Å². The number of nitrogens with one attached hydrogen (secondary N) is 1. The van der Waals surface area contributed by atoms with Gasteiger partial charge in [-0.3, -0.25) is 4.57 Å². The highest BCUT2D eigenvalue weighted by Gasteiger charge is 2.26. The maximum atomic E-state index is 14.2. The zero-order valence-electron chi connectivity index (χ0n) is 12.3. The van der Waals surface area contributed by atoms with E-state index in [4.69, 9.17) is 26.1 Å². The average Bonchev–Trinajstić information content (AvgIpc) is 2.81. The lowest BCUT2D eigenvalue weighted by molar-refractivity contribution is 0.341. The van der Waals surface area contributed by atoms with Gasteiger partial charge in [-0.25, -0.2) is 12.8 Å². The van der Waals surface area contributed by atoms with Crippen LogP contribution >= 0.6 is 30.5 Å². The molecule has 134 valence electrons. The number of hydrogen-bond donors (Lipinski definition) is 3. The van der Waals surface area contributed by atoms with Crippen LogP contribution in [0.3, 0.4) is 0 Å². The van der Waals surface area contributed by atoms with E-state index in [-0.39, 0.29) is 32.7 Å². The summed E-state index contributed by atoms with van der Waals surface area (Å²) in [6.45, 7) is 1.65. The molecule has 0 radical (unpaired) electrons. The molecule has 0 bridgehead atoms. The number of benzene rings is 1. The molecule has 0 atom stereocenters. The van der Waals surface area contributed by atoms with Gasteiger partial charge in [0.15, 0.2) is 0 Å². The maximum Gasteiger partial charge on any atom is 0.340 e. The van der Waals surface area contributed by atoms with E-state index in [1.165, 1.54) is 13.0 Å². The minimum atomic E-state index is -4.55. The molecule has 0 saturated heterocycles. The predicted octanol–water partition coefficient (Wildman–Crippen LogP) is 2.38. The summed E-state index contributed by atoms with van der Waals surface area (Å²) in [7, 11) is -8.74. The monoisotopic (exact) mass is 417 g/mol. The summed E-state index contributed by atoms with van der Waals surface area (Å²) >= 11 is 6.19. The number of rotatable bonds is 7. The molecule has 12 heteroatoms. The first-order valence-electron chi connectivity index (χ1n) is 6.51. The quantitative estimate of drug-likeness (QED) is 0.471. The molecule has 0 spiro atoms. The van der Waals surface area contributed by atoms with Crippen molar-refractivity contribution in [2.24, 2.45) is 0 Å². The van der Waals surface area contributed by atoms with Crippen LogP contribution in [0.25, 0.3) is 10.1 Å². The molecule has 1 aromatic carbocycles. The Morgan fingerprint density at radius 1 is 1.42 bits per heavy atom. The zero-order valence-corrected chi connectivity index (χ0v) is 15.6. The number of alkyl halides is 1. The lowest BCUT2D eigenvalue weighted by atomic mass is 10.2. The van der Waals surface area contributed by atoms with Gasteiger partial charge in [0.05, 0.1) is 10.6 Å². The van der Waals surface area contributed by atoms with E-state index >= 15 is 0 Å². The standard InChI is InChI=1S/C12H14ClFNO6PS2/c1-7-9-4-8(21-3-2-13)5-10(14)11(9)23-12(7)24(19,20)15-6-22(16,17)18/h4-5,15H,2-3,6H2,1H3,(H2,16,17,18). The summed E-state index contributed by atoms with van der Waals surface area (Å²) in [5.41, 5.74) is 0.267. The fourth-order valence-corrected chi connectivity index (χ4v) is 5.83. The van der Waals surface area contributed by atoms with Gasteiger partial charge in [0.25, 0.3) is 10.0 Å². The Morgan fingerprint density at radius 2 is 2.08 bits per heavy atom. The SMILES string of the molecule is Cc1c(S(=O)(=O)NCP(=O)(O)O)sc2c(F)cc(OCCCl)cc12. The highest BCUT2D eigenvalue weighted by Crippen LogP contribution is 2.39. The van der Waals surface area contributed by atoms with Gasteiger partial charge < -0.3 is 14.5 Å². The summed E-state index contributed by atoms with van der Waals surface area (Å²) in [5.74, 6) is -0.218. The van der Waals surface area contributed by atoms with Gasteiger partial charge in [-0.05, 0) is 18.6 Å². The van der Waals surface area contributed by atoms with Crippen LogP contribution < -0.4 is 9.46 Å². The van der Waals surface area contributed by atoms with Crippen LogP contribution in [0.5, 0.6) is 5.75 Å². The van der Waals surface area contributed by atoms with E-state index in [1.54, 1.807) is 0 Å². The first-order valence-corrected chi connectivity index (χ1v) is 11.1. The van der Waals surface area contributed by atoms with Gasteiger partial charge in [-0.1, -0.05) is 0 Å². The Labute approximate surface area is 146 Å². The molecule has 24 heavy (non-hydrogen) atoms. The summed E-state index contributed by atoms with van der Waals surface area (Å²) in [6.07, 6.45) is -1.03. The number of fused-ring (bicyclic) bond motifs is 1. The van der Waals surface area contributed by atoms with Gasteiger partial charge in [0, 0.05) is 11.5 Å². The number of thiophene rings is 1. The molecular formula is C12H14ClFNO6PS2. The van der Waals surface area contributed by atoms with E-state index in [0.717, 1.165) is 6.07 Å². The third-order valence-corrected chi connectivity index (χ3v) is 7.25. The molecule has 1 heterocycles. The van der Waals surface area contributed by atoms with Crippen molar-refractivity contribution in [3.05, 3.63) is 23.5 Å². The first kappa shape index (κ1) is 19.6. The van der Waals surface area contributed by atoms with Crippen LogP contribution in [0.2, 0.25) is 0 Å². The van der Waals surface area contributed by atoms with Crippen molar-refractivity contribution >= 4 is 50.6 Å². The molecule has 2 aromatic rings. The van der Waals surface area contributed by atoms with E-state index in [9.17, 15) is 17.4 Å². The van der Waals surface area contributed by atoms with E-state index in [0.29, 0.717) is 16.7 Å². The van der Waals surface area contributed by atoms with Gasteiger partial charge in [0.1, 0.15) is 28.7 Å². The Bertz CT molecular complexity index is 910. The summed E-state index contributed by atoms with van der Waals surface area (Å²) < 4.78 is 56.5. The Balaban J connectivity index is 2.47. The summed E-state index contributed by atoms with van der Waals surface area (Å²) in [4.78, 5) is 17.6. The Kier molecular flexibility index (Phi) is 5.91. The first-order chi connectivity index (χ1) is 11.0. The van der Waals surface area contributed by atoms with Crippen molar-refractivity contribution in [2.75, 3.05) is 18.8 Å². The largest absolute Gasteiger partial charge is 0.492 e. The maximum absolute atomic E-state index is 14.2. The number of hydrogen-bond acceptors (Lipinski definition) is 5. The molecule has 0 aliphatic heterocycles. The molecule has 2 rings (SSSR count). The second-order valence-electron chi connectivity index (χ2n) is 4.80. The van der Waals surface area contributed by atoms with Crippen molar-refractivity contribution < 1.29 is 31.9 Å². The van der Waals surface area contributed by atoms with Crippen LogP contribution in [0.1, 0.15) is 5.56 Å². The number of ether oxygens (including phenoxy) is 1. The van der Waals surface area contributed by atoms with Crippen LogP contribution in [-0.2, 0) is 14.6 Å². The molecule has 7 nitrogen and oxygen atoms in total. The second kappa shape index (κ2) is 7.25. The third-order valence-electron chi connectivity index (χ3n) is 2.97. The smallest absolute Gasteiger partial charge is 0.340 e. The average molecular weight is 418 g/mol. The van der Waals surface area contributed by atoms with E-state index in [2.05, 4.69) is 0 Å². The lowest BCUT2D eigenvalue weighted by Gasteiger charge is -2.07. The molecule has 0 aliphatic carbocycles. The highest BCUT2D eigenvalue weighted by atomic mass is 35.5. The van der Waals surface area contributed by atoms with Gasteiger partial charge in [-0.15, -0.1) is 22.9 Å². The van der Waals surface area contributed by atoms with E-state index < -0.39 is 29.7 Å². The minimum absolute atomic E-state index is 0.113. The summed E-state index contributed by atoms with van der Waals surface area (Å²) in [6, 6.07) is 2.63. The van der Waals surface area contributed by atoms with Gasteiger partial charge in [-0.2, -0.15) is 4.72 Å². The third kappa shape index (κ3) is 4.45. The molecular weight excluding hydrogens is 404 g/mol. The molecule has 3 N–H and O–H groups in total. The van der Waals surface area contributed by atoms with Crippen molar-refractivity contribution in [2.45, 2.75) is 11.1 Å². The van der Waals surface area contributed by atoms with Crippen molar-refractivity contribution in [1.29, 1.82) is 0 Å². The summed E-state index contributed by atoms with van der Waals surface area (Å²) in [5, 5.41) is 0.348. The molecule has 1 aromatic heterocycles. The van der Waals surface area contributed by atoms with Crippen molar-refractivity contribution in [3.8, 4) is 5.75 Å². The Morgan fingerprint density at radius 3 is 2.67 bits per heavy atom. The van der Waals surface area contributed by atoms with Gasteiger partial charge >= 0.3 is 7.60 Å². The minimum Gasteiger partial charge on any atom is -0.492 e. The molecule has 0 saturated carbocycles. The molecule has 0 amide bonds. The highest BCUT2D eigenvalue weighted by molar-refractivity contribution is 7.92. The molecule has 0 fully saturated rings. The number of sulfonamides is 1. The van der Waals surface area contributed by atoms with Crippen LogP contribution in [-0.4, -0.2) is 37.0 Å². The van der Waals surface area contributed by atoms with Crippen molar-refractivity contribution in [1.82, 2.24) is 4.72 Å². The number of halogens is 2. The predicted molar refractivity (Wildman–Crippen MR) is 90.0 cm³/mol. The van der Waals surface area contributed by atoms with Crippen LogP contribution in [0.4, 0.5) is 4.39 Å². The van der Waals surface area contributed by atoms with Gasteiger partial charge in [0.2, 0.25) is 0 Å². The number of aryl methyl sites for hydroxylation is 1. The van der Waals surface area contributed by atoms with Crippen LogP contribution in [0, 0.1) is 12.7 Å². The Hall–Kier alpha value is -0.740. The van der Waals surface area contributed by atoms with E-state index in [1.807, 2.05) is 4.72 Å².